The van der Waals surface area contributed by atoms with Crippen LogP contribution < -0.4 is 15.2 Å². The molecule has 1 aromatic heterocycles. The second-order valence-corrected chi connectivity index (χ2v) is 5.55. The van der Waals surface area contributed by atoms with Crippen molar-refractivity contribution < 1.29 is 13.2 Å². The number of hydrogen-bond donors (Lipinski definition) is 2. The van der Waals surface area contributed by atoms with Gasteiger partial charge in [0.2, 0.25) is 5.88 Å². The van der Waals surface area contributed by atoms with Crippen LogP contribution in [0.15, 0.2) is 41.3 Å². The zero-order valence-electron chi connectivity index (χ0n) is 10.8. The predicted molar refractivity (Wildman–Crippen MR) is 74.9 cm³/mol. The SMILES string of the molecule is CCOc1ccc(NS(=O)(=O)c2cccc(N)c2)nn1. The lowest BCUT2D eigenvalue weighted by molar-refractivity contribution is 0.323. The second kappa shape index (κ2) is 5.74. The molecule has 2 aromatic rings. The van der Waals surface area contributed by atoms with Gasteiger partial charge in [0.25, 0.3) is 10.0 Å². The van der Waals surface area contributed by atoms with Crippen LogP contribution in [-0.4, -0.2) is 25.2 Å². The number of nitrogen functional groups attached to an aromatic ring is 1. The number of sulfonamides is 1. The highest BCUT2D eigenvalue weighted by molar-refractivity contribution is 7.92. The van der Waals surface area contributed by atoms with E-state index in [0.717, 1.165) is 0 Å². The number of aromatic nitrogens is 2. The Morgan fingerprint density at radius 2 is 2.05 bits per heavy atom. The van der Waals surface area contributed by atoms with Gasteiger partial charge in [0, 0.05) is 11.8 Å². The third-order valence-electron chi connectivity index (χ3n) is 2.34. The highest BCUT2D eigenvalue weighted by Crippen LogP contribution is 2.17. The summed E-state index contributed by atoms with van der Waals surface area (Å²) in [5.41, 5.74) is 5.93. The molecule has 7 nitrogen and oxygen atoms in total. The molecule has 2 rings (SSSR count). The summed E-state index contributed by atoms with van der Waals surface area (Å²) in [7, 11) is -3.73. The van der Waals surface area contributed by atoms with E-state index >= 15 is 0 Å². The summed E-state index contributed by atoms with van der Waals surface area (Å²) in [5.74, 6) is 0.440. The fourth-order valence-electron chi connectivity index (χ4n) is 1.48. The Kier molecular flexibility index (Phi) is 4.04. The molecule has 20 heavy (non-hydrogen) atoms. The molecule has 0 bridgehead atoms. The lowest BCUT2D eigenvalue weighted by Crippen LogP contribution is -2.14. The molecule has 0 atom stereocenters. The van der Waals surface area contributed by atoms with Crippen LogP contribution in [0.5, 0.6) is 5.88 Å². The van der Waals surface area contributed by atoms with Crippen LogP contribution in [0.1, 0.15) is 6.92 Å². The van der Waals surface area contributed by atoms with Gasteiger partial charge in [-0.1, -0.05) is 6.07 Å². The fraction of sp³-hybridized carbons (Fsp3) is 0.167. The third-order valence-corrected chi connectivity index (χ3v) is 3.69. The fourth-order valence-corrected chi connectivity index (χ4v) is 2.53. The highest BCUT2D eigenvalue weighted by Gasteiger charge is 2.15. The van der Waals surface area contributed by atoms with Gasteiger partial charge < -0.3 is 10.5 Å². The minimum atomic E-state index is -3.73. The molecule has 0 amide bonds. The minimum Gasteiger partial charge on any atom is -0.477 e. The molecule has 0 saturated heterocycles. The van der Waals surface area contributed by atoms with Gasteiger partial charge in [0.1, 0.15) is 0 Å². The molecule has 0 fully saturated rings. The first-order valence-electron chi connectivity index (χ1n) is 5.86. The lowest BCUT2D eigenvalue weighted by Gasteiger charge is -2.07. The Labute approximate surface area is 116 Å². The Morgan fingerprint density at radius 1 is 1.25 bits per heavy atom. The van der Waals surface area contributed by atoms with Crippen LogP contribution in [0, 0.1) is 0 Å². The molecule has 106 valence electrons. The number of rotatable bonds is 5. The normalized spacial score (nSPS) is 11.1. The molecule has 0 aliphatic carbocycles. The van der Waals surface area contributed by atoms with Gasteiger partial charge in [-0.05, 0) is 31.2 Å². The van der Waals surface area contributed by atoms with Gasteiger partial charge in [-0.2, -0.15) is 0 Å². The quantitative estimate of drug-likeness (QED) is 0.804. The van der Waals surface area contributed by atoms with E-state index in [1.165, 1.54) is 24.3 Å². The molecule has 3 N–H and O–H groups in total. The second-order valence-electron chi connectivity index (χ2n) is 3.87. The van der Waals surface area contributed by atoms with E-state index in [1.807, 2.05) is 6.92 Å². The number of hydrogen-bond acceptors (Lipinski definition) is 6. The van der Waals surface area contributed by atoms with Crippen LogP contribution in [0.2, 0.25) is 0 Å². The van der Waals surface area contributed by atoms with Crippen LogP contribution in [0.25, 0.3) is 0 Å². The number of nitrogens with two attached hydrogens (primary N) is 1. The summed E-state index contributed by atoms with van der Waals surface area (Å²) < 4.78 is 31.6. The molecule has 1 aromatic carbocycles. The van der Waals surface area contributed by atoms with Crippen LogP contribution in [-0.2, 0) is 10.0 Å². The van der Waals surface area contributed by atoms with Crippen molar-refractivity contribution in [1.82, 2.24) is 10.2 Å². The van der Waals surface area contributed by atoms with Gasteiger partial charge in [0.05, 0.1) is 11.5 Å². The summed E-state index contributed by atoms with van der Waals surface area (Å²) in [4.78, 5) is 0.0631. The number of ether oxygens (including phenoxy) is 1. The molecular formula is C12H14N4O3S. The first kappa shape index (κ1) is 14.1. The van der Waals surface area contributed by atoms with E-state index in [9.17, 15) is 8.42 Å². The van der Waals surface area contributed by atoms with Gasteiger partial charge in [0.15, 0.2) is 5.82 Å². The molecule has 0 spiro atoms. The van der Waals surface area contributed by atoms with Crippen molar-refractivity contribution in [1.29, 1.82) is 0 Å². The van der Waals surface area contributed by atoms with Gasteiger partial charge in [-0.25, -0.2) is 8.42 Å². The van der Waals surface area contributed by atoms with Crippen LogP contribution >= 0.6 is 0 Å². The maximum Gasteiger partial charge on any atom is 0.263 e. The zero-order valence-corrected chi connectivity index (χ0v) is 11.6. The number of nitrogens with one attached hydrogen (secondary N) is 1. The largest absolute Gasteiger partial charge is 0.477 e. The Bertz CT molecular complexity index is 686. The molecule has 0 radical (unpaired) electrons. The van der Waals surface area contributed by atoms with Crippen molar-refractivity contribution in [3.05, 3.63) is 36.4 Å². The summed E-state index contributed by atoms with van der Waals surface area (Å²) in [5, 5.41) is 7.47. The average molecular weight is 294 g/mol. The first-order valence-corrected chi connectivity index (χ1v) is 7.34. The topological polar surface area (TPSA) is 107 Å². The maximum absolute atomic E-state index is 12.1. The monoisotopic (exact) mass is 294 g/mol. The van der Waals surface area contributed by atoms with E-state index in [2.05, 4.69) is 14.9 Å². The highest BCUT2D eigenvalue weighted by atomic mass is 32.2. The van der Waals surface area contributed by atoms with Crippen molar-refractivity contribution in [3.8, 4) is 5.88 Å². The molecular weight excluding hydrogens is 280 g/mol. The third kappa shape index (κ3) is 3.35. The van der Waals surface area contributed by atoms with Crippen molar-refractivity contribution in [3.63, 3.8) is 0 Å². The smallest absolute Gasteiger partial charge is 0.263 e. The van der Waals surface area contributed by atoms with Crippen molar-refractivity contribution in [2.45, 2.75) is 11.8 Å². The van der Waals surface area contributed by atoms with Gasteiger partial charge in [-0.15, -0.1) is 10.2 Å². The van der Waals surface area contributed by atoms with E-state index in [4.69, 9.17) is 10.5 Å². The summed E-state index contributed by atoms with van der Waals surface area (Å²) in [6, 6.07) is 8.99. The van der Waals surface area contributed by atoms with E-state index < -0.39 is 10.0 Å². The maximum atomic E-state index is 12.1. The molecule has 0 aliphatic rings. The molecule has 0 aliphatic heterocycles. The first-order chi connectivity index (χ1) is 9.51. The Hall–Kier alpha value is -2.35. The van der Waals surface area contributed by atoms with E-state index in [1.54, 1.807) is 12.1 Å². The summed E-state index contributed by atoms with van der Waals surface area (Å²) in [6.07, 6.45) is 0. The number of benzene rings is 1. The number of nitrogens with zero attached hydrogens (tertiary/aromatic N) is 2. The van der Waals surface area contributed by atoms with Crippen molar-refractivity contribution in [2.75, 3.05) is 17.1 Å². The predicted octanol–water partition coefficient (Wildman–Crippen LogP) is 1.26. The Morgan fingerprint density at radius 3 is 2.65 bits per heavy atom. The summed E-state index contributed by atoms with van der Waals surface area (Å²) in [6.45, 7) is 2.28. The van der Waals surface area contributed by atoms with E-state index in [0.29, 0.717) is 18.2 Å². The van der Waals surface area contributed by atoms with Crippen molar-refractivity contribution in [2.24, 2.45) is 0 Å². The lowest BCUT2D eigenvalue weighted by atomic mass is 10.3. The van der Waals surface area contributed by atoms with Crippen LogP contribution in [0.4, 0.5) is 11.5 Å². The van der Waals surface area contributed by atoms with Crippen molar-refractivity contribution >= 4 is 21.5 Å². The molecule has 8 heteroatoms. The molecule has 0 saturated carbocycles. The van der Waals surface area contributed by atoms with E-state index in [-0.39, 0.29) is 10.7 Å². The van der Waals surface area contributed by atoms with Crippen LogP contribution in [0.3, 0.4) is 0 Å². The minimum absolute atomic E-state index is 0.0631. The van der Waals surface area contributed by atoms with Gasteiger partial charge >= 0.3 is 0 Å². The Balaban J connectivity index is 2.20. The van der Waals surface area contributed by atoms with Gasteiger partial charge in [-0.3, -0.25) is 4.72 Å². The molecule has 0 unspecified atom stereocenters. The zero-order chi connectivity index (χ0) is 14.6. The number of anilines is 2. The summed E-state index contributed by atoms with van der Waals surface area (Å²) >= 11 is 0. The standard InChI is InChI=1S/C12H14N4O3S/c1-2-19-12-7-6-11(14-15-12)16-20(17,18)10-5-3-4-9(13)8-10/h3-8H,2,13H2,1H3,(H,14,16). The molecule has 1 heterocycles. The average Bonchev–Trinajstić information content (AvgIpc) is 2.41.